The van der Waals surface area contributed by atoms with Crippen LogP contribution in [-0.2, 0) is 13.8 Å². The second-order valence-electron chi connectivity index (χ2n) is 9.29. The van der Waals surface area contributed by atoms with E-state index in [1.165, 1.54) is 49.9 Å². The van der Waals surface area contributed by atoms with E-state index in [0.29, 0.717) is 17.2 Å². The standard InChI is InChI=1S/C27H41NO4S2/c1-3-5-7-9-11-15-19-27(21-24(29)30,20-16-12-10-8-6-4-2)25(31)32-34-26-28-22-17-13-14-18-23(22)33-26/h13-14,17-18H,3-12,15-16,19-21H2,1-2H3,(H,29,30). The van der Waals surface area contributed by atoms with Crippen molar-refractivity contribution in [1.29, 1.82) is 0 Å². The number of para-hydroxylation sites is 1. The number of aliphatic carboxylic acids is 1. The number of carboxylic acids is 1. The van der Waals surface area contributed by atoms with Gasteiger partial charge in [0.25, 0.3) is 0 Å². The maximum absolute atomic E-state index is 13.4. The van der Waals surface area contributed by atoms with E-state index < -0.39 is 17.4 Å². The fourth-order valence-corrected chi connectivity index (χ4v) is 6.07. The van der Waals surface area contributed by atoms with Crippen LogP contribution >= 0.6 is 23.4 Å². The first-order valence-corrected chi connectivity index (χ1v) is 14.5. The van der Waals surface area contributed by atoms with Crippen LogP contribution in [0.5, 0.6) is 0 Å². The van der Waals surface area contributed by atoms with Gasteiger partial charge in [-0.25, -0.2) is 4.98 Å². The molecule has 2 rings (SSSR count). The molecular weight excluding hydrogens is 466 g/mol. The van der Waals surface area contributed by atoms with Crippen LogP contribution in [0.1, 0.15) is 110 Å². The average molecular weight is 508 g/mol. The summed E-state index contributed by atoms with van der Waals surface area (Å²) in [5.41, 5.74) is -0.0904. The van der Waals surface area contributed by atoms with Gasteiger partial charge in [-0.1, -0.05) is 103 Å². The molecule has 34 heavy (non-hydrogen) atoms. The number of fused-ring (bicyclic) bond motifs is 1. The molecule has 0 aliphatic carbocycles. The van der Waals surface area contributed by atoms with E-state index in [2.05, 4.69) is 18.8 Å². The summed E-state index contributed by atoms with van der Waals surface area (Å²) in [7, 11) is 0. The SMILES string of the molecule is CCCCCCCCC(CCCCCCCC)(CC(=O)O)C(=O)OSc1nc2ccccc2s1. The maximum atomic E-state index is 13.4. The van der Waals surface area contributed by atoms with Gasteiger partial charge in [0.05, 0.1) is 22.1 Å². The number of rotatable bonds is 19. The number of hydrogen-bond acceptors (Lipinski definition) is 6. The van der Waals surface area contributed by atoms with Gasteiger partial charge in [0, 0.05) is 0 Å². The normalized spacial score (nSPS) is 11.7. The number of nitrogens with zero attached hydrogens (tertiary/aromatic N) is 1. The van der Waals surface area contributed by atoms with Crippen LogP contribution in [0.15, 0.2) is 28.6 Å². The third-order valence-corrected chi connectivity index (χ3v) is 8.16. The monoisotopic (exact) mass is 507 g/mol. The first-order chi connectivity index (χ1) is 16.5. The van der Waals surface area contributed by atoms with E-state index in [1.807, 2.05) is 24.3 Å². The summed E-state index contributed by atoms with van der Waals surface area (Å²) in [6.45, 7) is 4.38. The van der Waals surface area contributed by atoms with Gasteiger partial charge < -0.3 is 9.29 Å². The molecule has 7 heteroatoms. The molecule has 0 aliphatic heterocycles. The number of unbranched alkanes of at least 4 members (excludes halogenated alkanes) is 10. The predicted molar refractivity (Wildman–Crippen MR) is 142 cm³/mol. The Morgan fingerprint density at radius 2 is 1.47 bits per heavy atom. The lowest BCUT2D eigenvalue weighted by Gasteiger charge is -2.29. The topological polar surface area (TPSA) is 76.5 Å². The van der Waals surface area contributed by atoms with E-state index in [0.717, 1.165) is 60.8 Å². The highest BCUT2D eigenvalue weighted by Gasteiger charge is 2.41. The molecule has 0 amide bonds. The number of benzene rings is 1. The number of carbonyl (C=O) groups is 2. The van der Waals surface area contributed by atoms with Crippen molar-refractivity contribution in [2.75, 3.05) is 0 Å². The highest BCUT2D eigenvalue weighted by atomic mass is 32.2. The Hall–Kier alpha value is -1.60. The van der Waals surface area contributed by atoms with Crippen molar-refractivity contribution in [2.45, 2.75) is 114 Å². The molecule has 1 aromatic heterocycles. The van der Waals surface area contributed by atoms with Gasteiger partial charge in [0.15, 0.2) is 4.34 Å². The summed E-state index contributed by atoms with van der Waals surface area (Å²) < 4.78 is 7.38. The van der Waals surface area contributed by atoms with E-state index in [-0.39, 0.29) is 6.42 Å². The zero-order valence-electron chi connectivity index (χ0n) is 20.9. The van der Waals surface area contributed by atoms with Crippen LogP contribution in [0, 0.1) is 5.41 Å². The summed E-state index contributed by atoms with van der Waals surface area (Å²) in [6.07, 6.45) is 14.2. The van der Waals surface area contributed by atoms with Gasteiger partial charge in [0.2, 0.25) is 0 Å². The molecule has 0 fully saturated rings. The molecule has 0 bridgehead atoms. The largest absolute Gasteiger partial charge is 0.481 e. The quantitative estimate of drug-likeness (QED) is 0.151. The Kier molecular flexibility index (Phi) is 13.6. The van der Waals surface area contributed by atoms with Crippen LogP contribution in [-0.4, -0.2) is 22.0 Å². The van der Waals surface area contributed by atoms with Crippen molar-refractivity contribution in [2.24, 2.45) is 5.41 Å². The molecule has 5 nitrogen and oxygen atoms in total. The van der Waals surface area contributed by atoms with E-state index in [4.69, 9.17) is 4.18 Å². The van der Waals surface area contributed by atoms with Crippen molar-refractivity contribution in [3.05, 3.63) is 24.3 Å². The Labute approximate surface area is 213 Å². The molecule has 0 atom stereocenters. The number of carboxylic acid groups (broad SMARTS) is 1. The molecule has 0 unspecified atom stereocenters. The molecule has 2 aromatic rings. The summed E-state index contributed by atoms with van der Waals surface area (Å²) >= 11 is 2.45. The smallest absolute Gasteiger partial charge is 0.325 e. The van der Waals surface area contributed by atoms with Gasteiger partial charge in [-0.3, -0.25) is 9.59 Å². The highest BCUT2D eigenvalue weighted by molar-refractivity contribution is 7.97. The van der Waals surface area contributed by atoms with E-state index >= 15 is 0 Å². The van der Waals surface area contributed by atoms with Crippen molar-refractivity contribution in [3.63, 3.8) is 0 Å². The fourth-order valence-electron chi connectivity index (χ4n) is 4.40. The minimum atomic E-state index is -0.967. The van der Waals surface area contributed by atoms with E-state index in [9.17, 15) is 14.7 Å². The van der Waals surface area contributed by atoms with Gasteiger partial charge in [-0.05, 0) is 25.0 Å². The second-order valence-corrected chi connectivity index (χ2v) is 11.3. The van der Waals surface area contributed by atoms with Crippen molar-refractivity contribution < 1.29 is 18.9 Å². The van der Waals surface area contributed by atoms with Gasteiger partial charge in [-0.2, -0.15) is 0 Å². The summed E-state index contributed by atoms with van der Waals surface area (Å²) in [5, 5.41) is 9.70. The lowest BCUT2D eigenvalue weighted by Crippen LogP contribution is -2.34. The molecule has 1 aromatic carbocycles. The first kappa shape index (κ1) is 28.6. The number of thiazole rings is 1. The third kappa shape index (κ3) is 9.95. The summed E-state index contributed by atoms with van der Waals surface area (Å²) in [6, 6.07) is 7.81. The van der Waals surface area contributed by atoms with Crippen molar-refractivity contribution in [3.8, 4) is 0 Å². The zero-order valence-corrected chi connectivity index (χ0v) is 22.5. The molecular formula is C27H41NO4S2. The maximum Gasteiger partial charge on any atom is 0.325 e. The average Bonchev–Trinajstić information content (AvgIpc) is 3.24. The highest BCUT2D eigenvalue weighted by Crippen LogP contribution is 2.40. The molecule has 190 valence electrons. The molecule has 0 radical (unpaired) electrons. The lowest BCUT2D eigenvalue weighted by atomic mass is 9.75. The molecule has 0 saturated heterocycles. The van der Waals surface area contributed by atoms with E-state index in [1.54, 1.807) is 0 Å². The summed E-state index contributed by atoms with van der Waals surface area (Å²) in [4.78, 5) is 29.7. The van der Waals surface area contributed by atoms with Crippen molar-refractivity contribution >= 4 is 45.5 Å². The fraction of sp³-hybridized carbons (Fsp3) is 0.667. The van der Waals surface area contributed by atoms with Crippen LogP contribution in [0.25, 0.3) is 10.2 Å². The Morgan fingerprint density at radius 3 is 2.03 bits per heavy atom. The molecule has 0 saturated carbocycles. The first-order valence-electron chi connectivity index (χ1n) is 13.0. The summed E-state index contributed by atoms with van der Waals surface area (Å²) in [5.74, 6) is -1.33. The second kappa shape index (κ2) is 16.1. The lowest BCUT2D eigenvalue weighted by molar-refractivity contribution is -0.153. The van der Waals surface area contributed by atoms with Crippen molar-refractivity contribution in [1.82, 2.24) is 4.98 Å². The van der Waals surface area contributed by atoms with Crippen LogP contribution in [0.3, 0.4) is 0 Å². The Bertz CT molecular complexity index is 818. The van der Waals surface area contributed by atoms with Gasteiger partial charge in [-0.15, -0.1) is 11.3 Å². The third-order valence-electron chi connectivity index (χ3n) is 6.40. The number of hydrogen-bond donors (Lipinski definition) is 1. The molecule has 0 aliphatic rings. The Morgan fingerprint density at radius 1 is 0.912 bits per heavy atom. The van der Waals surface area contributed by atoms with Crippen LogP contribution in [0.4, 0.5) is 0 Å². The number of aromatic nitrogens is 1. The van der Waals surface area contributed by atoms with Crippen LogP contribution in [0.2, 0.25) is 0 Å². The molecule has 1 N–H and O–H groups in total. The zero-order chi connectivity index (χ0) is 24.7. The minimum Gasteiger partial charge on any atom is -0.481 e. The van der Waals surface area contributed by atoms with Crippen LogP contribution < -0.4 is 0 Å². The minimum absolute atomic E-state index is 0.170. The number of carbonyl (C=O) groups excluding carboxylic acids is 1. The van der Waals surface area contributed by atoms with Gasteiger partial charge in [0.1, 0.15) is 12.0 Å². The predicted octanol–water partition coefficient (Wildman–Crippen LogP) is 8.81. The Balaban J connectivity index is 2.04. The molecule has 1 heterocycles. The molecule has 0 spiro atoms. The van der Waals surface area contributed by atoms with Gasteiger partial charge >= 0.3 is 11.9 Å².